The van der Waals surface area contributed by atoms with Crippen LogP contribution in [0.4, 0.5) is 11.4 Å². The highest BCUT2D eigenvalue weighted by atomic mass is 16.6. The van der Waals surface area contributed by atoms with Crippen molar-refractivity contribution in [1.29, 1.82) is 0 Å². The average Bonchev–Trinajstić information content (AvgIpc) is 2.64. The van der Waals surface area contributed by atoms with E-state index in [4.69, 9.17) is 0 Å². The van der Waals surface area contributed by atoms with E-state index in [9.17, 15) is 19.7 Å². The maximum atomic E-state index is 12.4. The zero-order chi connectivity index (χ0) is 18.5. The van der Waals surface area contributed by atoms with Gasteiger partial charge >= 0.3 is 0 Å². The lowest BCUT2D eigenvalue weighted by Crippen LogP contribution is -2.27. The number of anilines is 1. The number of para-hydroxylation sites is 1. The second kappa shape index (κ2) is 7.43. The molecule has 7 heteroatoms. The third-order valence-corrected chi connectivity index (χ3v) is 3.78. The minimum Gasteiger partial charge on any atom is -0.324 e. The molecule has 26 heavy (non-hydrogen) atoms. The van der Waals surface area contributed by atoms with E-state index < -0.39 is 16.4 Å². The van der Waals surface area contributed by atoms with Crippen molar-refractivity contribution < 1.29 is 9.72 Å². The number of aromatic nitrogens is 1. The monoisotopic (exact) mass is 349 g/mol. The number of hydrogen-bond donors (Lipinski definition) is 1. The lowest BCUT2D eigenvalue weighted by Gasteiger charge is -2.12. The van der Waals surface area contributed by atoms with Gasteiger partial charge in [-0.15, -0.1) is 0 Å². The molecule has 0 unspecified atom stereocenters. The summed E-state index contributed by atoms with van der Waals surface area (Å²) >= 11 is 0. The van der Waals surface area contributed by atoms with E-state index in [1.54, 1.807) is 12.1 Å². The van der Waals surface area contributed by atoms with Gasteiger partial charge in [-0.25, -0.2) is 0 Å². The molecule has 1 heterocycles. The van der Waals surface area contributed by atoms with Crippen molar-refractivity contribution in [1.82, 2.24) is 4.57 Å². The minimum atomic E-state index is -0.613. The summed E-state index contributed by atoms with van der Waals surface area (Å²) in [6, 6.07) is 19.0. The van der Waals surface area contributed by atoms with E-state index in [0.29, 0.717) is 5.69 Å². The molecule has 1 amide bonds. The Bertz CT molecular complexity index is 1010. The third kappa shape index (κ3) is 3.84. The largest absolute Gasteiger partial charge is 0.324 e. The number of nitrogens with one attached hydrogen (secondary N) is 1. The first-order valence-electron chi connectivity index (χ1n) is 7.84. The molecular weight excluding hydrogens is 334 g/mol. The maximum absolute atomic E-state index is 12.4. The summed E-state index contributed by atoms with van der Waals surface area (Å²) in [6.45, 7) is -0.316. The van der Waals surface area contributed by atoms with Crippen LogP contribution in [-0.4, -0.2) is 15.4 Å². The van der Waals surface area contributed by atoms with Gasteiger partial charge in [-0.2, -0.15) is 0 Å². The molecule has 3 aromatic rings. The summed E-state index contributed by atoms with van der Waals surface area (Å²) < 4.78 is 1.01. The first kappa shape index (κ1) is 17.1. The highest BCUT2D eigenvalue weighted by Crippen LogP contribution is 2.27. The van der Waals surface area contributed by atoms with Gasteiger partial charge in [0.25, 0.3) is 11.2 Å². The lowest BCUT2D eigenvalue weighted by atomic mass is 10.0. The number of amides is 1. The summed E-state index contributed by atoms with van der Waals surface area (Å²) in [5.74, 6) is -0.448. The lowest BCUT2D eigenvalue weighted by molar-refractivity contribution is -0.385. The Hall–Kier alpha value is -3.74. The van der Waals surface area contributed by atoms with E-state index >= 15 is 0 Å². The zero-order valence-electron chi connectivity index (χ0n) is 13.7. The van der Waals surface area contributed by atoms with E-state index in [0.717, 1.165) is 34.0 Å². The molecule has 130 valence electrons. The van der Waals surface area contributed by atoms with Crippen LogP contribution in [0.2, 0.25) is 0 Å². The Kier molecular flexibility index (Phi) is 4.89. The number of nitro groups is 1. The highest BCUT2D eigenvalue weighted by molar-refractivity contribution is 5.95. The van der Waals surface area contributed by atoms with Crippen LogP contribution in [0.25, 0.3) is 11.1 Å². The van der Waals surface area contributed by atoms with Gasteiger partial charge in [0.2, 0.25) is 5.91 Å². The highest BCUT2D eigenvalue weighted by Gasteiger charge is 2.12. The Labute approximate surface area is 148 Å². The molecule has 2 aromatic carbocycles. The van der Waals surface area contributed by atoms with Crippen molar-refractivity contribution in [3.8, 4) is 11.1 Å². The van der Waals surface area contributed by atoms with Crippen molar-refractivity contribution in [3.63, 3.8) is 0 Å². The molecule has 0 spiro atoms. The SMILES string of the molecule is O=C(Cn1cc([N+](=O)[O-])ccc1=O)Nc1ccccc1-c1ccccc1. The second-order valence-corrected chi connectivity index (χ2v) is 5.57. The summed E-state index contributed by atoms with van der Waals surface area (Å²) in [5, 5.41) is 13.6. The molecule has 0 aliphatic carbocycles. The molecule has 7 nitrogen and oxygen atoms in total. The topological polar surface area (TPSA) is 94.2 Å². The summed E-state index contributed by atoms with van der Waals surface area (Å²) in [4.78, 5) is 34.4. The fraction of sp³-hybridized carbons (Fsp3) is 0.0526. The molecule has 0 atom stereocenters. The van der Waals surface area contributed by atoms with Gasteiger partial charge in [-0.3, -0.25) is 24.3 Å². The van der Waals surface area contributed by atoms with Crippen LogP contribution in [0.5, 0.6) is 0 Å². The molecule has 0 aliphatic heterocycles. The third-order valence-electron chi connectivity index (χ3n) is 3.78. The van der Waals surface area contributed by atoms with Crippen molar-refractivity contribution in [2.75, 3.05) is 5.32 Å². The molecule has 1 aromatic heterocycles. The molecule has 0 fully saturated rings. The Morgan fingerprint density at radius 3 is 2.42 bits per heavy atom. The number of carbonyl (C=O) groups excluding carboxylic acids is 1. The van der Waals surface area contributed by atoms with Crippen LogP contribution in [0.1, 0.15) is 0 Å². The zero-order valence-corrected chi connectivity index (χ0v) is 13.7. The van der Waals surface area contributed by atoms with Crippen LogP contribution in [0.15, 0.2) is 77.7 Å². The van der Waals surface area contributed by atoms with E-state index in [1.165, 1.54) is 0 Å². The number of nitrogens with zero attached hydrogens (tertiary/aromatic N) is 2. The van der Waals surface area contributed by atoms with Gasteiger partial charge in [0.1, 0.15) is 6.54 Å². The van der Waals surface area contributed by atoms with E-state index in [-0.39, 0.29) is 12.2 Å². The minimum absolute atomic E-state index is 0.248. The molecule has 0 saturated carbocycles. The Morgan fingerprint density at radius 1 is 1.00 bits per heavy atom. The van der Waals surface area contributed by atoms with Gasteiger partial charge in [-0.1, -0.05) is 48.5 Å². The molecule has 0 bridgehead atoms. The number of pyridine rings is 1. The van der Waals surface area contributed by atoms with Gasteiger partial charge in [-0.05, 0) is 11.6 Å². The van der Waals surface area contributed by atoms with Crippen molar-refractivity contribution in [2.45, 2.75) is 6.54 Å². The Morgan fingerprint density at radius 2 is 1.69 bits per heavy atom. The fourth-order valence-corrected chi connectivity index (χ4v) is 2.56. The Balaban J connectivity index is 1.83. The molecule has 0 saturated heterocycles. The van der Waals surface area contributed by atoms with Crippen LogP contribution in [-0.2, 0) is 11.3 Å². The molecule has 3 rings (SSSR count). The smallest absolute Gasteiger partial charge is 0.285 e. The van der Waals surface area contributed by atoms with Gasteiger partial charge in [0.15, 0.2) is 0 Å². The number of benzene rings is 2. The first-order chi connectivity index (χ1) is 12.5. The van der Waals surface area contributed by atoms with Gasteiger partial charge in [0.05, 0.1) is 11.1 Å². The van der Waals surface area contributed by atoms with Gasteiger partial charge in [0, 0.05) is 23.4 Å². The molecule has 1 N–H and O–H groups in total. The van der Waals surface area contributed by atoms with Crippen LogP contribution in [0.3, 0.4) is 0 Å². The van der Waals surface area contributed by atoms with Gasteiger partial charge < -0.3 is 5.32 Å². The van der Waals surface area contributed by atoms with Crippen molar-refractivity contribution in [2.24, 2.45) is 0 Å². The molecular formula is C19H15N3O4. The number of rotatable bonds is 5. The molecule has 0 aliphatic rings. The number of hydrogen-bond acceptors (Lipinski definition) is 4. The second-order valence-electron chi connectivity index (χ2n) is 5.57. The standard InChI is InChI=1S/C19H15N3O4/c23-18(13-21-12-15(22(25)26)10-11-19(21)24)20-17-9-5-4-8-16(17)14-6-2-1-3-7-14/h1-12H,13H2,(H,20,23). The summed E-state index contributed by atoms with van der Waals surface area (Å²) in [6.07, 6.45) is 1.06. The van der Waals surface area contributed by atoms with Crippen LogP contribution >= 0.6 is 0 Å². The van der Waals surface area contributed by atoms with Crippen molar-refractivity contribution >= 4 is 17.3 Å². The van der Waals surface area contributed by atoms with Crippen LogP contribution < -0.4 is 10.9 Å². The van der Waals surface area contributed by atoms with E-state index in [2.05, 4.69) is 5.32 Å². The maximum Gasteiger partial charge on any atom is 0.285 e. The predicted molar refractivity (Wildman–Crippen MR) is 97.9 cm³/mol. The predicted octanol–water partition coefficient (Wildman–Crippen LogP) is 3.06. The van der Waals surface area contributed by atoms with Crippen LogP contribution in [0, 0.1) is 10.1 Å². The summed E-state index contributed by atoms with van der Waals surface area (Å²) in [5.41, 5.74) is 1.65. The normalized spacial score (nSPS) is 10.3. The number of carbonyl (C=O) groups is 1. The average molecular weight is 349 g/mol. The fourth-order valence-electron chi connectivity index (χ4n) is 2.56. The first-order valence-corrected chi connectivity index (χ1v) is 7.84. The van der Waals surface area contributed by atoms with Crippen molar-refractivity contribution in [3.05, 3.63) is 93.4 Å². The molecule has 0 radical (unpaired) electrons. The summed E-state index contributed by atoms with van der Waals surface area (Å²) in [7, 11) is 0. The quantitative estimate of drug-likeness (QED) is 0.566. The van der Waals surface area contributed by atoms with E-state index in [1.807, 2.05) is 42.5 Å².